The molecule has 0 radical (unpaired) electrons. The van der Waals surface area contributed by atoms with Gasteiger partial charge in [0.15, 0.2) is 11.6 Å². The second-order valence-corrected chi connectivity index (χ2v) is 10.8. The molecule has 5 rings (SSSR count). The first-order chi connectivity index (χ1) is 17.4. The van der Waals surface area contributed by atoms with Crippen LogP contribution >= 0.6 is 0 Å². The molecule has 37 heavy (non-hydrogen) atoms. The van der Waals surface area contributed by atoms with Crippen molar-refractivity contribution in [3.8, 4) is 0 Å². The Bertz CT molecular complexity index is 1340. The lowest BCUT2D eigenvalue weighted by Crippen LogP contribution is -2.50. The number of carbonyl (C=O) groups is 4. The number of rotatable bonds is 4. The maximum atomic E-state index is 13.9. The fourth-order valence-electron chi connectivity index (χ4n) is 5.67. The van der Waals surface area contributed by atoms with Crippen LogP contribution in [-0.4, -0.2) is 52.7 Å². The maximum absolute atomic E-state index is 13.9. The van der Waals surface area contributed by atoms with Gasteiger partial charge in [0.2, 0.25) is 11.8 Å². The van der Waals surface area contributed by atoms with E-state index in [1.165, 1.54) is 15.9 Å². The molecule has 0 unspecified atom stereocenters. The Hall–Kier alpha value is -3.82. The Morgan fingerprint density at radius 1 is 1.05 bits per heavy atom. The van der Waals surface area contributed by atoms with Gasteiger partial charge < -0.3 is 15.1 Å². The third kappa shape index (κ3) is 4.14. The number of fused-ring (bicyclic) bond motifs is 1. The Kier molecular flexibility index (Phi) is 5.80. The van der Waals surface area contributed by atoms with Crippen LogP contribution in [0.2, 0.25) is 0 Å². The highest BCUT2D eigenvalue weighted by molar-refractivity contribution is 6.07. The molecule has 1 spiro atoms. The molecule has 0 saturated carbocycles. The minimum atomic E-state index is -1.00. The average Bonchev–Trinajstić information content (AvgIpc) is 3.32. The fraction of sp³-hybridized carbons (Fsp3) is 0.407. The summed E-state index contributed by atoms with van der Waals surface area (Å²) in [6.45, 7) is 3.35. The molecule has 2 fully saturated rings. The lowest BCUT2D eigenvalue weighted by Gasteiger charge is -2.43. The van der Waals surface area contributed by atoms with E-state index >= 15 is 0 Å². The largest absolute Gasteiger partial charge is 0.326 e. The topological polar surface area (TPSA) is 98.8 Å². The monoisotopic (exact) mass is 510 g/mol. The van der Waals surface area contributed by atoms with E-state index < -0.39 is 40.6 Å². The highest BCUT2D eigenvalue weighted by Gasteiger charge is 2.54. The number of anilines is 1. The van der Waals surface area contributed by atoms with Crippen molar-refractivity contribution in [1.82, 2.24) is 15.1 Å². The van der Waals surface area contributed by atoms with Crippen molar-refractivity contribution in [3.63, 3.8) is 0 Å². The number of benzene rings is 2. The summed E-state index contributed by atoms with van der Waals surface area (Å²) in [7, 11) is 1.59. The Labute approximate surface area is 213 Å². The predicted octanol–water partition coefficient (Wildman–Crippen LogP) is 3.31. The molecule has 0 aromatic heterocycles. The van der Waals surface area contributed by atoms with Crippen molar-refractivity contribution in [1.29, 1.82) is 0 Å². The molecule has 5 amide bonds. The van der Waals surface area contributed by atoms with Gasteiger partial charge in [-0.3, -0.25) is 19.7 Å². The van der Waals surface area contributed by atoms with Crippen LogP contribution in [0.5, 0.6) is 0 Å². The second-order valence-electron chi connectivity index (χ2n) is 10.8. The molecule has 3 aliphatic rings. The van der Waals surface area contributed by atoms with Crippen molar-refractivity contribution in [3.05, 3.63) is 64.7 Å². The molecule has 2 aromatic carbocycles. The number of urea groups is 1. The van der Waals surface area contributed by atoms with E-state index in [-0.39, 0.29) is 18.4 Å². The zero-order valence-corrected chi connectivity index (χ0v) is 20.9. The Morgan fingerprint density at radius 3 is 2.46 bits per heavy atom. The number of imide groups is 1. The molecular weight excluding hydrogens is 482 g/mol. The minimum absolute atomic E-state index is 0.237. The number of amides is 5. The molecule has 0 bridgehead atoms. The number of likely N-dealkylation sites (tertiary alicyclic amines) is 1. The molecule has 2 N–H and O–H groups in total. The number of nitrogens with zero attached hydrogens (tertiary/aromatic N) is 2. The maximum Gasteiger partial charge on any atom is 0.324 e. The van der Waals surface area contributed by atoms with E-state index in [2.05, 4.69) is 10.6 Å². The normalized spacial score (nSPS) is 24.5. The van der Waals surface area contributed by atoms with Gasteiger partial charge in [-0.05, 0) is 53.8 Å². The second kappa shape index (κ2) is 8.64. The third-order valence-corrected chi connectivity index (χ3v) is 7.95. The van der Waals surface area contributed by atoms with Crippen LogP contribution in [0.3, 0.4) is 0 Å². The number of likely N-dealkylation sites (N-methyl/N-ethyl adjacent to an activating group) is 1. The van der Waals surface area contributed by atoms with Crippen molar-refractivity contribution in [2.45, 2.75) is 51.1 Å². The fourth-order valence-corrected chi connectivity index (χ4v) is 5.67. The quantitative estimate of drug-likeness (QED) is 0.617. The van der Waals surface area contributed by atoms with Crippen LogP contribution < -0.4 is 10.6 Å². The third-order valence-electron chi connectivity index (χ3n) is 7.95. The number of halogens is 2. The molecule has 194 valence electrons. The zero-order valence-electron chi connectivity index (χ0n) is 20.9. The summed E-state index contributed by atoms with van der Waals surface area (Å²) in [5, 5.41) is 5.18. The summed E-state index contributed by atoms with van der Waals surface area (Å²) in [6.07, 6.45) is 1.77. The first-order valence-electron chi connectivity index (χ1n) is 12.2. The van der Waals surface area contributed by atoms with Crippen LogP contribution in [0.25, 0.3) is 0 Å². The summed E-state index contributed by atoms with van der Waals surface area (Å²) in [6, 6.07) is 7.87. The summed E-state index contributed by atoms with van der Waals surface area (Å²) in [4.78, 5) is 53.7. The van der Waals surface area contributed by atoms with Crippen LogP contribution in [0.15, 0.2) is 36.4 Å². The first kappa shape index (κ1) is 24.9. The lowest BCUT2D eigenvalue weighted by atomic mass is 9.78. The van der Waals surface area contributed by atoms with Gasteiger partial charge in [0.1, 0.15) is 12.1 Å². The molecule has 8 nitrogen and oxygen atoms in total. The van der Waals surface area contributed by atoms with E-state index in [1.807, 2.05) is 6.07 Å². The number of hydrogen-bond donors (Lipinski definition) is 2. The molecule has 1 aliphatic carbocycles. The molecular formula is C27H28F2N4O4. The van der Waals surface area contributed by atoms with E-state index in [9.17, 15) is 28.0 Å². The standard InChI is InChI=1S/C27H28F2N4O4/c1-26(2)9-8-21(15-5-7-19(28)20(29)11-15)33(24(26)36)14-22(34)30-18-6-4-16-12-27(13-17(16)10-18)23(35)31-25(37)32(27)3/h4-7,10-11,21H,8-9,12-14H2,1-3H3,(H,30,34)(H,31,35,37)/t21-,27-/m1/s1. The van der Waals surface area contributed by atoms with Crippen molar-refractivity contribution >= 4 is 29.4 Å². The SMILES string of the molecule is CN1C(=O)NC(=O)[C@]12Cc1ccc(NC(=O)CN3C(=O)C(C)(C)CC[C@@H]3c3ccc(F)c(F)c3)cc1C2. The summed E-state index contributed by atoms with van der Waals surface area (Å²) in [5.41, 5.74) is 1.05. The smallest absolute Gasteiger partial charge is 0.324 e. The predicted molar refractivity (Wildman–Crippen MR) is 130 cm³/mol. The van der Waals surface area contributed by atoms with E-state index in [0.29, 0.717) is 36.9 Å². The van der Waals surface area contributed by atoms with Gasteiger partial charge in [-0.15, -0.1) is 0 Å². The van der Waals surface area contributed by atoms with Gasteiger partial charge in [-0.1, -0.05) is 26.0 Å². The molecule has 2 aliphatic heterocycles. The lowest BCUT2D eigenvalue weighted by molar-refractivity contribution is -0.150. The zero-order chi connectivity index (χ0) is 26.7. The number of piperidine rings is 1. The molecule has 2 atom stereocenters. The van der Waals surface area contributed by atoms with Crippen molar-refractivity contribution in [2.24, 2.45) is 5.41 Å². The summed E-state index contributed by atoms with van der Waals surface area (Å²) >= 11 is 0. The summed E-state index contributed by atoms with van der Waals surface area (Å²) in [5.74, 6) is -2.98. The Morgan fingerprint density at radius 2 is 1.78 bits per heavy atom. The van der Waals surface area contributed by atoms with E-state index in [4.69, 9.17) is 0 Å². The Balaban J connectivity index is 1.34. The van der Waals surface area contributed by atoms with E-state index in [0.717, 1.165) is 23.3 Å². The van der Waals surface area contributed by atoms with Gasteiger partial charge in [0, 0.05) is 31.0 Å². The molecule has 10 heteroatoms. The van der Waals surface area contributed by atoms with Gasteiger partial charge in [-0.25, -0.2) is 13.6 Å². The number of carbonyl (C=O) groups excluding carboxylic acids is 4. The van der Waals surface area contributed by atoms with Gasteiger partial charge in [-0.2, -0.15) is 0 Å². The van der Waals surface area contributed by atoms with Crippen LogP contribution in [0, 0.1) is 17.0 Å². The molecule has 2 aromatic rings. The number of nitrogens with one attached hydrogen (secondary N) is 2. The number of hydrogen-bond acceptors (Lipinski definition) is 4. The van der Waals surface area contributed by atoms with Crippen LogP contribution in [-0.2, 0) is 27.2 Å². The van der Waals surface area contributed by atoms with Crippen LogP contribution in [0.1, 0.15) is 49.4 Å². The minimum Gasteiger partial charge on any atom is -0.326 e. The van der Waals surface area contributed by atoms with Gasteiger partial charge in [0.05, 0.1) is 6.04 Å². The highest BCUT2D eigenvalue weighted by Crippen LogP contribution is 2.41. The van der Waals surface area contributed by atoms with Crippen molar-refractivity contribution in [2.75, 3.05) is 18.9 Å². The average molecular weight is 511 g/mol. The molecule has 2 heterocycles. The van der Waals surface area contributed by atoms with Gasteiger partial charge in [0.25, 0.3) is 5.91 Å². The summed E-state index contributed by atoms with van der Waals surface area (Å²) < 4.78 is 27.5. The molecule has 2 saturated heterocycles. The first-order valence-corrected chi connectivity index (χ1v) is 12.2. The highest BCUT2D eigenvalue weighted by atomic mass is 19.2. The van der Waals surface area contributed by atoms with Gasteiger partial charge >= 0.3 is 6.03 Å². The van der Waals surface area contributed by atoms with Crippen LogP contribution in [0.4, 0.5) is 19.3 Å². The van der Waals surface area contributed by atoms with E-state index in [1.54, 1.807) is 33.0 Å². The van der Waals surface area contributed by atoms with Crippen molar-refractivity contribution < 1.29 is 28.0 Å².